The van der Waals surface area contributed by atoms with Crippen LogP contribution in [0.4, 0.5) is 26.7 Å². The molecule has 2 fully saturated rings. The number of nitrogens with one attached hydrogen (secondary N) is 3. The van der Waals surface area contributed by atoms with Crippen LogP contribution >= 0.6 is 22.9 Å². The molecule has 2 atom stereocenters. The summed E-state index contributed by atoms with van der Waals surface area (Å²) in [4.78, 5) is 32.9. The summed E-state index contributed by atoms with van der Waals surface area (Å²) in [6.07, 6.45) is -8.58. The molecule has 17 heteroatoms. The van der Waals surface area contributed by atoms with Gasteiger partial charge in [0.05, 0.1) is 16.8 Å². The summed E-state index contributed by atoms with van der Waals surface area (Å²) in [5, 5.41) is 18.8. The number of fused-ring (bicyclic) bond motifs is 1. The minimum absolute atomic E-state index is 0.0114. The predicted octanol–water partition coefficient (Wildman–Crippen LogP) is 7.63. The number of rotatable bonds is 9. The lowest BCUT2D eigenvalue weighted by molar-refractivity contribution is -0.164. The van der Waals surface area contributed by atoms with Gasteiger partial charge in [-0.1, -0.05) is 56.6 Å². The minimum Gasteiger partial charge on any atom is -0.447 e. The van der Waals surface area contributed by atoms with Crippen molar-refractivity contribution in [2.45, 2.75) is 69.8 Å². The van der Waals surface area contributed by atoms with Gasteiger partial charge in [0.25, 0.3) is 12.3 Å². The fraction of sp³-hybridized carbons (Fsp3) is 0.406. The number of guanidine groups is 1. The molecule has 6 rings (SSSR count). The first-order valence-electron chi connectivity index (χ1n) is 15.1. The van der Waals surface area contributed by atoms with Crippen LogP contribution in [-0.4, -0.2) is 55.9 Å². The molecule has 1 aliphatic heterocycles. The van der Waals surface area contributed by atoms with E-state index in [4.69, 9.17) is 21.7 Å². The number of carbonyl (C=O) groups excluding carboxylic acids is 2. The number of halogens is 6. The van der Waals surface area contributed by atoms with Gasteiger partial charge in [-0.15, -0.1) is 11.3 Å². The third-order valence-electron chi connectivity index (χ3n) is 8.47. The predicted molar refractivity (Wildman–Crippen MR) is 172 cm³/mol. The maximum atomic E-state index is 14.8. The lowest BCUT2D eigenvalue weighted by Gasteiger charge is -2.34. The van der Waals surface area contributed by atoms with Gasteiger partial charge in [0, 0.05) is 9.58 Å². The highest BCUT2D eigenvalue weighted by atomic mass is 35.5. The maximum absolute atomic E-state index is 14.8. The van der Waals surface area contributed by atoms with E-state index in [0.717, 1.165) is 26.0 Å². The number of hydrogen-bond acceptors (Lipinski definition) is 7. The molecule has 0 spiro atoms. The average molecular weight is 724 g/mol. The van der Waals surface area contributed by atoms with Gasteiger partial charge in [0.15, 0.2) is 17.3 Å². The number of amides is 2. The highest BCUT2D eigenvalue weighted by Crippen LogP contribution is 2.49. The summed E-state index contributed by atoms with van der Waals surface area (Å²) in [7, 11) is 0. The first-order chi connectivity index (χ1) is 22.9. The van der Waals surface area contributed by atoms with E-state index in [2.05, 4.69) is 15.4 Å². The standard InChI is InChI=1S/C32H31ClF5N7O3S/c1-29(2,3)15-31(23-13-18-6-4-5-7-22(18)49-23)26(46)44(27(39)42-31)21(14-48-28(47)43-30(10-11-30)32(36,37)38)17-8-9-19(33)20(12-17)45-25(24(34)35)40-16-41-45/h4-9,12-13,16,21,24H,10-11,14-15H2,1-3H3,(H2,39,42)(H,43,47)/t21-,31-/m1/s1. The second-order valence-corrected chi connectivity index (χ2v) is 14.8. The summed E-state index contributed by atoms with van der Waals surface area (Å²) in [5.41, 5.74) is -4.19. The summed E-state index contributed by atoms with van der Waals surface area (Å²) in [6.45, 7) is 5.11. The zero-order chi connectivity index (χ0) is 35.5. The molecule has 2 amide bonds. The molecule has 260 valence electrons. The number of alkyl halides is 5. The molecule has 2 aliphatic rings. The van der Waals surface area contributed by atoms with Gasteiger partial charge in [-0.3, -0.25) is 15.1 Å². The van der Waals surface area contributed by atoms with Crippen LogP contribution in [-0.2, 0) is 15.1 Å². The van der Waals surface area contributed by atoms with Crippen molar-refractivity contribution in [2.75, 3.05) is 6.61 Å². The van der Waals surface area contributed by atoms with Crippen LogP contribution in [0.2, 0.25) is 5.02 Å². The largest absolute Gasteiger partial charge is 0.447 e. The van der Waals surface area contributed by atoms with Crippen molar-refractivity contribution in [1.29, 1.82) is 5.41 Å². The Balaban J connectivity index is 1.42. The molecule has 3 N–H and O–H groups in total. The number of nitrogens with zero attached hydrogens (tertiary/aromatic N) is 4. The second kappa shape index (κ2) is 12.2. The lowest BCUT2D eigenvalue weighted by Crippen LogP contribution is -2.49. The smallest absolute Gasteiger partial charge is 0.411 e. The van der Waals surface area contributed by atoms with Gasteiger partial charge < -0.3 is 15.4 Å². The van der Waals surface area contributed by atoms with E-state index in [0.29, 0.717) is 4.88 Å². The Bertz CT molecular complexity index is 1900. The van der Waals surface area contributed by atoms with E-state index in [1.807, 2.05) is 56.4 Å². The Morgan fingerprint density at radius 1 is 1.16 bits per heavy atom. The summed E-state index contributed by atoms with van der Waals surface area (Å²) in [5.74, 6) is -1.65. The maximum Gasteiger partial charge on any atom is 0.411 e. The van der Waals surface area contributed by atoms with Crippen LogP contribution in [0.25, 0.3) is 15.8 Å². The van der Waals surface area contributed by atoms with E-state index in [1.54, 1.807) is 0 Å². The minimum atomic E-state index is -4.70. The van der Waals surface area contributed by atoms with Crippen molar-refractivity contribution in [3.63, 3.8) is 0 Å². The van der Waals surface area contributed by atoms with Crippen molar-refractivity contribution in [3.8, 4) is 5.69 Å². The quantitative estimate of drug-likeness (QED) is 0.153. The molecular formula is C32H31ClF5N7O3S. The average Bonchev–Trinajstić information content (AvgIpc) is 3.34. The SMILES string of the molecule is CC(C)(C)C[C@]1(c2cc3ccccc3s2)NC(=N)N([C@H](COC(=O)NC2(C(F)(F)F)CC2)c2ccc(Cl)c(-n3ncnc3C(F)F)c2)C1=O. The van der Waals surface area contributed by atoms with Crippen molar-refractivity contribution in [2.24, 2.45) is 5.41 Å². The molecule has 2 aromatic heterocycles. The molecule has 49 heavy (non-hydrogen) atoms. The lowest BCUT2D eigenvalue weighted by atomic mass is 9.78. The van der Waals surface area contributed by atoms with Crippen LogP contribution < -0.4 is 10.6 Å². The molecule has 0 radical (unpaired) electrons. The first-order valence-corrected chi connectivity index (χ1v) is 16.3. The number of ether oxygens (including phenoxy) is 1. The molecule has 0 bridgehead atoms. The Morgan fingerprint density at radius 3 is 2.51 bits per heavy atom. The zero-order valence-corrected chi connectivity index (χ0v) is 27.9. The fourth-order valence-corrected chi connectivity index (χ4v) is 7.47. The molecule has 2 aromatic carbocycles. The van der Waals surface area contributed by atoms with E-state index >= 15 is 0 Å². The molecule has 1 saturated carbocycles. The number of thiophene rings is 1. The molecule has 3 heterocycles. The Labute approximate surface area is 286 Å². The first kappa shape index (κ1) is 34.5. The number of aromatic nitrogens is 3. The van der Waals surface area contributed by atoms with Crippen LogP contribution in [0.1, 0.15) is 68.8 Å². The number of hydrogen-bond donors (Lipinski definition) is 3. The molecule has 1 aliphatic carbocycles. The number of benzene rings is 2. The summed E-state index contributed by atoms with van der Waals surface area (Å²) >= 11 is 7.78. The van der Waals surface area contributed by atoms with Gasteiger partial charge >= 0.3 is 12.3 Å². The van der Waals surface area contributed by atoms with Crippen LogP contribution in [0.15, 0.2) is 54.9 Å². The van der Waals surface area contributed by atoms with Crippen LogP contribution in [0.3, 0.4) is 0 Å². The van der Waals surface area contributed by atoms with Gasteiger partial charge in [-0.05, 0) is 59.9 Å². The number of carbonyl (C=O) groups is 2. The van der Waals surface area contributed by atoms with E-state index < -0.39 is 59.6 Å². The van der Waals surface area contributed by atoms with Gasteiger partial charge in [-0.2, -0.15) is 18.3 Å². The summed E-state index contributed by atoms with van der Waals surface area (Å²) < 4.78 is 75.4. The van der Waals surface area contributed by atoms with Crippen molar-refractivity contribution >= 4 is 51.0 Å². The van der Waals surface area contributed by atoms with Gasteiger partial charge in [0.2, 0.25) is 0 Å². The van der Waals surface area contributed by atoms with E-state index in [9.17, 15) is 31.5 Å². The monoisotopic (exact) mass is 723 g/mol. The summed E-state index contributed by atoms with van der Waals surface area (Å²) in [6, 6.07) is 12.2. The third-order valence-corrected chi connectivity index (χ3v) is 10.1. The molecular weight excluding hydrogens is 693 g/mol. The highest BCUT2D eigenvalue weighted by molar-refractivity contribution is 7.19. The third kappa shape index (κ3) is 6.43. The molecule has 1 saturated heterocycles. The fourth-order valence-electron chi connectivity index (χ4n) is 6.08. The molecule has 0 unspecified atom stereocenters. The van der Waals surface area contributed by atoms with E-state index in [1.165, 1.54) is 29.5 Å². The van der Waals surface area contributed by atoms with Crippen LogP contribution in [0, 0.1) is 10.8 Å². The van der Waals surface area contributed by atoms with Crippen molar-refractivity contribution < 1.29 is 36.3 Å². The van der Waals surface area contributed by atoms with Crippen LogP contribution in [0.5, 0.6) is 0 Å². The number of alkyl carbamates (subject to hydrolysis) is 1. The Kier molecular flexibility index (Phi) is 8.62. The topological polar surface area (TPSA) is 125 Å². The van der Waals surface area contributed by atoms with Crippen molar-refractivity contribution in [1.82, 2.24) is 30.3 Å². The Hall–Kier alpha value is -4.31. The normalized spacial score (nSPS) is 19.8. The molecule has 4 aromatic rings. The Morgan fingerprint density at radius 2 is 1.88 bits per heavy atom. The zero-order valence-electron chi connectivity index (χ0n) is 26.4. The molecule has 10 nitrogen and oxygen atoms in total. The highest BCUT2D eigenvalue weighted by Gasteiger charge is 2.64. The van der Waals surface area contributed by atoms with Gasteiger partial charge in [-0.25, -0.2) is 23.2 Å². The second-order valence-electron chi connectivity index (χ2n) is 13.3. The van der Waals surface area contributed by atoms with Gasteiger partial charge in [0.1, 0.15) is 18.5 Å². The van der Waals surface area contributed by atoms with E-state index in [-0.39, 0.29) is 41.5 Å². The van der Waals surface area contributed by atoms with Crippen molar-refractivity contribution in [3.05, 3.63) is 76.1 Å².